The summed E-state index contributed by atoms with van der Waals surface area (Å²) in [5, 5.41) is 13.4. The topological polar surface area (TPSA) is 105 Å². The fourth-order valence-corrected chi connectivity index (χ4v) is 4.27. The Bertz CT molecular complexity index is 1070. The fraction of sp³-hybridized carbons (Fsp3) is 0.375. The van der Waals surface area contributed by atoms with Crippen LogP contribution in [0.3, 0.4) is 0 Å². The van der Waals surface area contributed by atoms with Gasteiger partial charge < -0.3 is 20.5 Å². The van der Waals surface area contributed by atoms with Crippen molar-refractivity contribution < 1.29 is 37.4 Å². The average Bonchev–Trinajstić information content (AvgIpc) is 3.52. The summed E-state index contributed by atoms with van der Waals surface area (Å²) in [4.78, 5) is 35.9. The molecule has 2 aromatic rings. The number of alkyl halides is 3. The van der Waals surface area contributed by atoms with Crippen LogP contribution in [-0.4, -0.2) is 48.4 Å². The Labute approximate surface area is 193 Å². The summed E-state index contributed by atoms with van der Waals surface area (Å²) in [6.45, 7) is -0.0837. The summed E-state index contributed by atoms with van der Waals surface area (Å²) < 4.78 is 43.2. The van der Waals surface area contributed by atoms with Crippen molar-refractivity contribution in [1.29, 1.82) is 0 Å². The van der Waals surface area contributed by atoms with Gasteiger partial charge in [-0.2, -0.15) is 13.2 Å². The van der Waals surface area contributed by atoms with E-state index >= 15 is 0 Å². The number of alkyl carbamates (subject to hydrolysis) is 1. The van der Waals surface area contributed by atoms with Gasteiger partial charge in [0, 0.05) is 12.5 Å². The Kier molecular flexibility index (Phi) is 6.24. The molecule has 2 aliphatic rings. The smallest absolute Gasteiger partial charge is 0.407 e. The molecule has 180 valence electrons. The maximum Gasteiger partial charge on any atom is 0.407 e. The lowest BCUT2D eigenvalue weighted by Gasteiger charge is -2.21. The molecule has 0 spiro atoms. The number of nitrogens with one attached hydrogen (secondary N) is 2. The quantitative estimate of drug-likeness (QED) is 0.537. The van der Waals surface area contributed by atoms with Crippen molar-refractivity contribution >= 4 is 18.0 Å². The van der Waals surface area contributed by atoms with Crippen molar-refractivity contribution in [3.63, 3.8) is 0 Å². The molecule has 0 radical (unpaired) electrons. The number of amides is 2. The molecule has 0 bridgehead atoms. The molecule has 2 aliphatic carbocycles. The normalized spacial score (nSPS) is 16.7. The number of carbonyl (C=O) groups excluding carboxylic acids is 2. The van der Waals surface area contributed by atoms with Crippen LogP contribution in [0.4, 0.5) is 18.0 Å². The number of halogens is 3. The highest BCUT2D eigenvalue weighted by Crippen LogP contribution is 2.46. The third-order valence-corrected chi connectivity index (χ3v) is 6.29. The highest BCUT2D eigenvalue weighted by molar-refractivity contribution is 5.90. The van der Waals surface area contributed by atoms with Crippen LogP contribution < -0.4 is 10.6 Å². The van der Waals surface area contributed by atoms with Gasteiger partial charge >= 0.3 is 18.2 Å². The van der Waals surface area contributed by atoms with Crippen molar-refractivity contribution in [2.24, 2.45) is 5.41 Å². The molecule has 0 heterocycles. The summed E-state index contributed by atoms with van der Waals surface area (Å²) >= 11 is 0. The van der Waals surface area contributed by atoms with Gasteiger partial charge in [-0.25, -0.2) is 9.59 Å². The molecular weight excluding hydrogens is 453 g/mol. The Hall–Kier alpha value is -3.56. The average molecular weight is 476 g/mol. The molecule has 1 saturated carbocycles. The number of carbonyl (C=O) groups is 3. The first kappa shape index (κ1) is 23.6. The van der Waals surface area contributed by atoms with E-state index in [1.807, 2.05) is 53.8 Å². The number of carboxylic acids is 1. The minimum absolute atomic E-state index is 0.0751. The van der Waals surface area contributed by atoms with Gasteiger partial charge in [0.05, 0.1) is 11.8 Å². The predicted molar refractivity (Wildman–Crippen MR) is 115 cm³/mol. The minimum atomic E-state index is -4.74. The molecule has 10 heteroatoms. The lowest BCUT2D eigenvalue weighted by atomic mass is 9.98. The van der Waals surface area contributed by atoms with Crippen LogP contribution in [0.25, 0.3) is 11.1 Å². The molecule has 1 atom stereocenters. The standard InChI is InChI=1S/C24H23F3N2O5/c25-24(26,27)11-19(20(30)31)29-21(32)23(9-10-23)13-28-22(33)34-12-18-16-7-3-1-5-14(16)15-6-2-4-8-17(15)18/h1-8,18-19H,9-13H2,(H,28,33)(H,29,32)(H,30,31). The Balaban J connectivity index is 1.32. The van der Waals surface area contributed by atoms with Crippen LogP contribution in [0.1, 0.15) is 36.3 Å². The van der Waals surface area contributed by atoms with Gasteiger partial charge in [-0.1, -0.05) is 48.5 Å². The highest BCUT2D eigenvalue weighted by atomic mass is 19.4. The zero-order valence-corrected chi connectivity index (χ0v) is 18.0. The van der Waals surface area contributed by atoms with Crippen LogP contribution in [-0.2, 0) is 14.3 Å². The van der Waals surface area contributed by atoms with E-state index < -0.39 is 42.0 Å². The van der Waals surface area contributed by atoms with E-state index in [0.717, 1.165) is 22.3 Å². The van der Waals surface area contributed by atoms with Gasteiger partial charge in [-0.3, -0.25) is 4.79 Å². The first-order valence-corrected chi connectivity index (χ1v) is 10.8. The van der Waals surface area contributed by atoms with E-state index in [4.69, 9.17) is 9.84 Å². The summed E-state index contributed by atoms with van der Waals surface area (Å²) in [7, 11) is 0. The van der Waals surface area contributed by atoms with Gasteiger partial charge in [-0.15, -0.1) is 0 Å². The van der Waals surface area contributed by atoms with E-state index in [9.17, 15) is 27.6 Å². The number of benzene rings is 2. The first-order valence-electron chi connectivity index (χ1n) is 10.8. The number of carboxylic acid groups (broad SMARTS) is 1. The largest absolute Gasteiger partial charge is 0.480 e. The molecule has 0 aromatic heterocycles. The fourth-order valence-electron chi connectivity index (χ4n) is 4.27. The molecule has 1 unspecified atom stereocenters. The van der Waals surface area contributed by atoms with Crippen LogP contribution in [0.15, 0.2) is 48.5 Å². The summed E-state index contributed by atoms with van der Waals surface area (Å²) in [6.07, 6.45) is -6.54. The van der Waals surface area contributed by atoms with E-state index in [2.05, 4.69) is 5.32 Å². The predicted octanol–water partition coefficient (Wildman–Crippen LogP) is 3.83. The maximum atomic E-state index is 12.6. The Morgan fingerprint density at radius 3 is 2.09 bits per heavy atom. The van der Waals surface area contributed by atoms with E-state index in [1.165, 1.54) is 0 Å². The number of ether oxygens (including phenoxy) is 1. The SMILES string of the molecule is O=C(NCC1(C(=O)NC(CC(F)(F)F)C(=O)O)CC1)OCC1c2ccccc2-c2ccccc21. The monoisotopic (exact) mass is 476 g/mol. The van der Waals surface area contributed by atoms with Gasteiger partial charge in [-0.05, 0) is 35.1 Å². The van der Waals surface area contributed by atoms with Crippen LogP contribution in [0.2, 0.25) is 0 Å². The third-order valence-electron chi connectivity index (χ3n) is 6.29. The van der Waals surface area contributed by atoms with Crippen molar-refractivity contribution in [2.75, 3.05) is 13.2 Å². The van der Waals surface area contributed by atoms with Gasteiger partial charge in [0.25, 0.3) is 0 Å². The highest BCUT2D eigenvalue weighted by Gasteiger charge is 2.51. The molecule has 3 N–H and O–H groups in total. The molecular formula is C24H23F3N2O5. The molecule has 0 saturated heterocycles. The van der Waals surface area contributed by atoms with Crippen molar-refractivity contribution in [3.8, 4) is 11.1 Å². The number of fused-ring (bicyclic) bond motifs is 3. The number of rotatable bonds is 8. The number of hydrogen-bond acceptors (Lipinski definition) is 4. The zero-order chi connectivity index (χ0) is 24.5. The van der Waals surface area contributed by atoms with Crippen molar-refractivity contribution in [2.45, 2.75) is 37.4 Å². The van der Waals surface area contributed by atoms with Crippen molar-refractivity contribution in [3.05, 3.63) is 59.7 Å². The van der Waals surface area contributed by atoms with Gasteiger partial charge in [0.2, 0.25) is 5.91 Å². The number of hydrogen-bond donors (Lipinski definition) is 3. The second-order valence-electron chi connectivity index (χ2n) is 8.64. The summed E-state index contributed by atoms with van der Waals surface area (Å²) in [5.74, 6) is -2.75. The first-order chi connectivity index (χ1) is 16.1. The summed E-state index contributed by atoms with van der Waals surface area (Å²) in [5.41, 5.74) is 3.10. The maximum absolute atomic E-state index is 12.6. The molecule has 0 aliphatic heterocycles. The Morgan fingerprint density at radius 1 is 1.03 bits per heavy atom. The second-order valence-corrected chi connectivity index (χ2v) is 8.64. The van der Waals surface area contributed by atoms with Gasteiger partial charge in [0.15, 0.2) is 0 Å². The molecule has 34 heavy (non-hydrogen) atoms. The van der Waals surface area contributed by atoms with Crippen LogP contribution >= 0.6 is 0 Å². The molecule has 2 aromatic carbocycles. The van der Waals surface area contributed by atoms with Crippen molar-refractivity contribution in [1.82, 2.24) is 10.6 Å². The van der Waals surface area contributed by atoms with Crippen LogP contribution in [0, 0.1) is 5.41 Å². The second kappa shape index (κ2) is 9.00. The minimum Gasteiger partial charge on any atom is -0.480 e. The third kappa shape index (κ3) is 5.00. The van der Waals surface area contributed by atoms with E-state index in [0.29, 0.717) is 12.8 Å². The van der Waals surface area contributed by atoms with E-state index in [-0.39, 0.29) is 19.1 Å². The molecule has 7 nitrogen and oxygen atoms in total. The molecule has 2 amide bonds. The lowest BCUT2D eigenvalue weighted by molar-refractivity contribution is -0.160. The number of aliphatic carboxylic acids is 1. The van der Waals surface area contributed by atoms with E-state index in [1.54, 1.807) is 0 Å². The summed E-state index contributed by atoms with van der Waals surface area (Å²) in [6, 6.07) is 13.6. The zero-order valence-electron chi connectivity index (χ0n) is 18.0. The van der Waals surface area contributed by atoms with Gasteiger partial charge in [0.1, 0.15) is 12.6 Å². The Morgan fingerprint density at radius 2 is 1.59 bits per heavy atom. The molecule has 1 fully saturated rings. The molecule has 4 rings (SSSR count). The lowest BCUT2D eigenvalue weighted by Crippen LogP contribution is -2.49. The van der Waals surface area contributed by atoms with Crippen LogP contribution in [0.5, 0.6) is 0 Å².